The van der Waals surface area contributed by atoms with Crippen molar-refractivity contribution >= 4 is 23.4 Å². The highest BCUT2D eigenvalue weighted by Crippen LogP contribution is 2.27. The van der Waals surface area contributed by atoms with Crippen LogP contribution in [-0.4, -0.2) is 9.97 Å². The van der Waals surface area contributed by atoms with E-state index in [2.05, 4.69) is 9.97 Å². The summed E-state index contributed by atoms with van der Waals surface area (Å²) in [5.74, 6) is -0.485. The molecule has 2 heterocycles. The van der Waals surface area contributed by atoms with Gasteiger partial charge in [0.05, 0.1) is 11.2 Å². The van der Waals surface area contributed by atoms with Crippen LogP contribution in [0.3, 0.4) is 0 Å². The SMILES string of the molecule is Fc1cc(Cl)cnc1Sc1ncco1. The normalized spacial score (nSPS) is 10.4. The van der Waals surface area contributed by atoms with Crippen molar-refractivity contribution in [1.29, 1.82) is 0 Å². The highest BCUT2D eigenvalue weighted by atomic mass is 35.5. The minimum absolute atomic E-state index is 0.192. The van der Waals surface area contributed by atoms with Gasteiger partial charge in [-0.1, -0.05) is 11.6 Å². The molecule has 0 fully saturated rings. The van der Waals surface area contributed by atoms with Gasteiger partial charge in [-0.25, -0.2) is 14.4 Å². The highest BCUT2D eigenvalue weighted by molar-refractivity contribution is 7.99. The first kappa shape index (κ1) is 9.48. The van der Waals surface area contributed by atoms with Crippen LogP contribution in [0.5, 0.6) is 0 Å². The third kappa shape index (κ3) is 2.05. The van der Waals surface area contributed by atoms with E-state index in [4.69, 9.17) is 16.0 Å². The minimum Gasteiger partial charge on any atom is -0.440 e. The smallest absolute Gasteiger partial charge is 0.262 e. The Bertz CT molecular complexity index is 435. The van der Waals surface area contributed by atoms with Crippen molar-refractivity contribution in [3.63, 3.8) is 0 Å². The van der Waals surface area contributed by atoms with Crippen molar-refractivity contribution < 1.29 is 8.81 Å². The molecule has 0 saturated heterocycles. The van der Waals surface area contributed by atoms with Gasteiger partial charge in [-0.3, -0.25) is 0 Å². The van der Waals surface area contributed by atoms with Crippen molar-refractivity contribution in [2.45, 2.75) is 10.2 Å². The topological polar surface area (TPSA) is 38.9 Å². The Morgan fingerprint density at radius 3 is 2.93 bits per heavy atom. The average molecular weight is 231 g/mol. The van der Waals surface area contributed by atoms with E-state index in [1.165, 1.54) is 24.7 Å². The number of oxazole rings is 1. The van der Waals surface area contributed by atoms with Crippen LogP contribution in [0.15, 0.2) is 39.4 Å². The van der Waals surface area contributed by atoms with Crippen LogP contribution < -0.4 is 0 Å². The van der Waals surface area contributed by atoms with E-state index in [9.17, 15) is 4.39 Å². The molecule has 72 valence electrons. The molecule has 0 saturated carbocycles. The van der Waals surface area contributed by atoms with E-state index in [-0.39, 0.29) is 10.0 Å². The first-order valence-electron chi connectivity index (χ1n) is 3.64. The summed E-state index contributed by atoms with van der Waals surface area (Å²) in [5, 5.41) is 0.801. The third-order valence-corrected chi connectivity index (χ3v) is 2.44. The van der Waals surface area contributed by atoms with Gasteiger partial charge in [0.2, 0.25) is 0 Å². The van der Waals surface area contributed by atoms with Gasteiger partial charge in [0, 0.05) is 6.20 Å². The monoisotopic (exact) mass is 230 g/mol. The van der Waals surface area contributed by atoms with E-state index in [0.29, 0.717) is 5.22 Å². The van der Waals surface area contributed by atoms with E-state index in [1.54, 1.807) is 0 Å². The molecule has 2 aromatic heterocycles. The summed E-state index contributed by atoms with van der Waals surface area (Å²) in [4.78, 5) is 7.64. The summed E-state index contributed by atoms with van der Waals surface area (Å²) in [6, 6.07) is 1.19. The Labute approximate surface area is 88.3 Å². The number of nitrogens with zero attached hydrogens (tertiary/aromatic N) is 2. The molecule has 14 heavy (non-hydrogen) atoms. The second kappa shape index (κ2) is 3.98. The maximum atomic E-state index is 13.2. The molecule has 3 nitrogen and oxygen atoms in total. The second-order valence-electron chi connectivity index (χ2n) is 2.34. The van der Waals surface area contributed by atoms with Crippen molar-refractivity contribution in [1.82, 2.24) is 9.97 Å². The van der Waals surface area contributed by atoms with Crippen molar-refractivity contribution in [2.24, 2.45) is 0 Å². The van der Waals surface area contributed by atoms with Crippen molar-refractivity contribution in [2.75, 3.05) is 0 Å². The Morgan fingerprint density at radius 1 is 1.43 bits per heavy atom. The Kier molecular flexibility index (Phi) is 2.69. The van der Waals surface area contributed by atoms with Crippen LogP contribution in [0.25, 0.3) is 0 Å². The molecule has 0 aromatic carbocycles. The van der Waals surface area contributed by atoms with Crippen LogP contribution in [0, 0.1) is 5.82 Å². The summed E-state index contributed by atoms with van der Waals surface area (Å²) in [7, 11) is 0. The van der Waals surface area contributed by atoms with E-state index in [0.717, 1.165) is 11.8 Å². The number of hydrogen-bond acceptors (Lipinski definition) is 4. The first-order valence-corrected chi connectivity index (χ1v) is 4.83. The lowest BCUT2D eigenvalue weighted by molar-refractivity contribution is 0.453. The van der Waals surface area contributed by atoms with Gasteiger partial charge in [0.25, 0.3) is 5.22 Å². The summed E-state index contributed by atoms with van der Waals surface area (Å²) < 4.78 is 18.1. The summed E-state index contributed by atoms with van der Waals surface area (Å²) in [6.07, 6.45) is 4.27. The average Bonchev–Trinajstić information content (AvgIpc) is 2.62. The zero-order valence-electron chi connectivity index (χ0n) is 6.78. The summed E-state index contributed by atoms with van der Waals surface area (Å²) in [6.45, 7) is 0. The predicted octanol–water partition coefficient (Wildman–Crippen LogP) is 3.01. The standard InChI is InChI=1S/C8H4ClFN2OS/c9-5-3-6(10)7(12-4-5)14-8-11-1-2-13-8/h1-4H. The maximum absolute atomic E-state index is 13.2. The molecule has 2 rings (SSSR count). The fourth-order valence-corrected chi connectivity index (χ4v) is 1.61. The third-order valence-electron chi connectivity index (χ3n) is 1.37. The number of pyridine rings is 1. The number of aromatic nitrogens is 2. The molecule has 2 aromatic rings. The lowest BCUT2D eigenvalue weighted by Gasteiger charge is -1.97. The van der Waals surface area contributed by atoms with Gasteiger partial charge < -0.3 is 4.42 Å². The van der Waals surface area contributed by atoms with Crippen LogP contribution in [0.1, 0.15) is 0 Å². The predicted molar refractivity (Wildman–Crippen MR) is 49.8 cm³/mol. The number of hydrogen-bond donors (Lipinski definition) is 0. The molecule has 0 radical (unpaired) electrons. The van der Waals surface area contributed by atoms with E-state index >= 15 is 0 Å². The number of rotatable bonds is 2. The zero-order valence-corrected chi connectivity index (χ0v) is 8.35. The van der Waals surface area contributed by atoms with Crippen LogP contribution in [0.4, 0.5) is 4.39 Å². The molecule has 0 aliphatic carbocycles. The Hall–Kier alpha value is -1.07. The second-order valence-corrected chi connectivity index (χ2v) is 3.72. The first-order chi connectivity index (χ1) is 6.75. The molecule has 0 amide bonds. The molecule has 0 aliphatic rings. The molecule has 0 atom stereocenters. The van der Waals surface area contributed by atoms with Crippen LogP contribution in [-0.2, 0) is 0 Å². The molecular weight excluding hydrogens is 227 g/mol. The maximum Gasteiger partial charge on any atom is 0.262 e. The van der Waals surface area contributed by atoms with Gasteiger partial charge in [-0.15, -0.1) is 0 Å². The van der Waals surface area contributed by atoms with Crippen LogP contribution in [0.2, 0.25) is 5.02 Å². The van der Waals surface area contributed by atoms with Crippen molar-refractivity contribution in [3.05, 3.63) is 35.6 Å². The van der Waals surface area contributed by atoms with Gasteiger partial charge in [-0.2, -0.15) is 0 Å². The molecule has 0 aliphatic heterocycles. The van der Waals surface area contributed by atoms with Crippen LogP contribution >= 0.6 is 23.4 Å². The zero-order chi connectivity index (χ0) is 9.97. The summed E-state index contributed by atoms with van der Waals surface area (Å²) in [5.41, 5.74) is 0. The summed E-state index contributed by atoms with van der Waals surface area (Å²) >= 11 is 6.56. The molecule has 6 heteroatoms. The molecule has 0 spiro atoms. The number of halogens is 2. The van der Waals surface area contributed by atoms with Gasteiger partial charge in [0.15, 0.2) is 5.82 Å². The fourth-order valence-electron chi connectivity index (χ4n) is 0.821. The quantitative estimate of drug-likeness (QED) is 0.795. The molecular formula is C8H4ClFN2OS. The largest absolute Gasteiger partial charge is 0.440 e. The Morgan fingerprint density at radius 2 is 2.29 bits per heavy atom. The van der Waals surface area contributed by atoms with Gasteiger partial charge in [0.1, 0.15) is 11.3 Å². The molecule has 0 bridgehead atoms. The lowest BCUT2D eigenvalue weighted by Crippen LogP contribution is -1.85. The molecule has 0 N–H and O–H groups in total. The van der Waals surface area contributed by atoms with Crippen molar-refractivity contribution in [3.8, 4) is 0 Å². The lowest BCUT2D eigenvalue weighted by atomic mass is 10.5. The Balaban J connectivity index is 2.25. The van der Waals surface area contributed by atoms with Gasteiger partial charge >= 0.3 is 0 Å². The minimum atomic E-state index is -0.485. The van der Waals surface area contributed by atoms with E-state index in [1.807, 2.05) is 0 Å². The van der Waals surface area contributed by atoms with E-state index < -0.39 is 5.82 Å². The fraction of sp³-hybridized carbons (Fsp3) is 0. The molecule has 0 unspecified atom stereocenters. The van der Waals surface area contributed by atoms with Gasteiger partial charge in [-0.05, 0) is 17.8 Å². The highest BCUT2D eigenvalue weighted by Gasteiger charge is 2.09.